The highest BCUT2D eigenvalue weighted by Gasteiger charge is 2.18. The minimum atomic E-state index is 0.111. The van der Waals surface area contributed by atoms with E-state index >= 15 is 0 Å². The Morgan fingerprint density at radius 3 is 2.33 bits per heavy atom. The van der Waals surface area contributed by atoms with Crippen LogP contribution in [0.3, 0.4) is 0 Å². The van der Waals surface area contributed by atoms with Crippen molar-refractivity contribution in [2.24, 2.45) is 7.05 Å². The molecular weight excluding hydrogens is 258 g/mol. The molecule has 0 atom stereocenters. The summed E-state index contributed by atoms with van der Waals surface area (Å²) in [5.41, 5.74) is 5.98. The highest BCUT2D eigenvalue weighted by Crippen LogP contribution is 2.26. The molecule has 1 heterocycles. The van der Waals surface area contributed by atoms with Crippen molar-refractivity contribution in [3.05, 3.63) is 70.4 Å². The third kappa shape index (κ3) is 2.17. The molecule has 2 nitrogen and oxygen atoms in total. The first-order chi connectivity index (χ1) is 9.99. The molecule has 0 bridgehead atoms. The van der Waals surface area contributed by atoms with Crippen LogP contribution in [0.1, 0.15) is 32.6 Å². The van der Waals surface area contributed by atoms with Gasteiger partial charge in [-0.25, -0.2) is 0 Å². The fraction of sp³-hybridized carbons (Fsp3) is 0.211. The fourth-order valence-electron chi connectivity index (χ4n) is 2.98. The summed E-state index contributed by atoms with van der Waals surface area (Å²) >= 11 is 0. The maximum absolute atomic E-state index is 13.0. The largest absolute Gasteiger partial charge is 0.350 e. The molecule has 0 aliphatic carbocycles. The summed E-state index contributed by atoms with van der Waals surface area (Å²) in [7, 11) is 1.99. The van der Waals surface area contributed by atoms with Crippen molar-refractivity contribution in [3.63, 3.8) is 0 Å². The van der Waals surface area contributed by atoms with E-state index in [9.17, 15) is 4.79 Å². The Hall–Kier alpha value is -2.35. The maximum Gasteiger partial charge on any atom is 0.195 e. The Morgan fingerprint density at radius 2 is 1.67 bits per heavy atom. The average molecular weight is 277 g/mol. The van der Waals surface area contributed by atoms with E-state index in [0.29, 0.717) is 0 Å². The molecule has 0 saturated carbocycles. The van der Waals surface area contributed by atoms with Gasteiger partial charge in [0, 0.05) is 35.3 Å². The number of hydrogen-bond donors (Lipinski definition) is 0. The summed E-state index contributed by atoms with van der Waals surface area (Å²) in [6, 6.07) is 12.2. The molecule has 1 aromatic heterocycles. The lowest BCUT2D eigenvalue weighted by atomic mass is 9.94. The first-order valence-electron chi connectivity index (χ1n) is 7.15. The molecule has 0 aliphatic rings. The number of benzene rings is 2. The second-order valence-corrected chi connectivity index (χ2v) is 5.77. The maximum atomic E-state index is 13.0. The third-order valence-electron chi connectivity index (χ3n) is 4.10. The van der Waals surface area contributed by atoms with E-state index in [2.05, 4.69) is 19.1 Å². The van der Waals surface area contributed by atoms with Crippen LogP contribution in [0.15, 0.2) is 42.6 Å². The molecule has 0 unspecified atom stereocenters. The zero-order valence-corrected chi connectivity index (χ0v) is 12.9. The van der Waals surface area contributed by atoms with Gasteiger partial charge >= 0.3 is 0 Å². The quantitative estimate of drug-likeness (QED) is 0.639. The predicted octanol–water partition coefficient (Wildman–Crippen LogP) is 4.33. The molecule has 0 amide bonds. The van der Waals surface area contributed by atoms with E-state index < -0.39 is 0 Å². The molecule has 3 rings (SSSR count). The number of aromatic nitrogens is 1. The molecule has 0 saturated heterocycles. The number of aryl methyl sites for hydroxylation is 4. The Bertz CT molecular complexity index is 835. The number of nitrogens with zero attached hydrogens (tertiary/aromatic N) is 1. The van der Waals surface area contributed by atoms with Gasteiger partial charge in [-0.2, -0.15) is 0 Å². The van der Waals surface area contributed by atoms with Crippen LogP contribution < -0.4 is 0 Å². The Morgan fingerprint density at radius 1 is 1.00 bits per heavy atom. The zero-order chi connectivity index (χ0) is 15.1. The lowest BCUT2D eigenvalue weighted by Crippen LogP contribution is -2.05. The van der Waals surface area contributed by atoms with Gasteiger partial charge in [-0.1, -0.05) is 30.3 Å². The van der Waals surface area contributed by atoms with E-state index in [-0.39, 0.29) is 5.78 Å². The van der Waals surface area contributed by atoms with Crippen molar-refractivity contribution < 1.29 is 4.79 Å². The van der Waals surface area contributed by atoms with Crippen molar-refractivity contribution in [3.8, 4) is 0 Å². The number of hydrogen-bond acceptors (Lipinski definition) is 1. The first-order valence-corrected chi connectivity index (χ1v) is 7.15. The van der Waals surface area contributed by atoms with Crippen LogP contribution in [-0.4, -0.2) is 10.4 Å². The van der Waals surface area contributed by atoms with Crippen molar-refractivity contribution >= 4 is 16.7 Å². The van der Waals surface area contributed by atoms with E-state index in [1.807, 2.05) is 55.9 Å². The highest BCUT2D eigenvalue weighted by atomic mass is 16.1. The van der Waals surface area contributed by atoms with E-state index in [0.717, 1.165) is 33.2 Å². The molecular formula is C19H19NO. The van der Waals surface area contributed by atoms with Crippen LogP contribution >= 0.6 is 0 Å². The predicted molar refractivity (Wildman–Crippen MR) is 87.0 cm³/mol. The first kappa shape index (κ1) is 13.6. The van der Waals surface area contributed by atoms with Gasteiger partial charge in [0.15, 0.2) is 5.78 Å². The number of ketones is 1. The minimum absolute atomic E-state index is 0.111. The lowest BCUT2D eigenvalue weighted by molar-refractivity contribution is 0.103. The molecule has 3 aromatic rings. The summed E-state index contributed by atoms with van der Waals surface area (Å²) in [4.78, 5) is 13.0. The van der Waals surface area contributed by atoms with E-state index in [1.54, 1.807) is 0 Å². The van der Waals surface area contributed by atoms with Crippen LogP contribution in [0.5, 0.6) is 0 Å². The van der Waals surface area contributed by atoms with Gasteiger partial charge in [-0.3, -0.25) is 4.79 Å². The van der Waals surface area contributed by atoms with Crippen molar-refractivity contribution in [1.29, 1.82) is 0 Å². The molecule has 106 valence electrons. The van der Waals surface area contributed by atoms with Crippen molar-refractivity contribution in [2.45, 2.75) is 20.8 Å². The van der Waals surface area contributed by atoms with Gasteiger partial charge in [0.25, 0.3) is 0 Å². The van der Waals surface area contributed by atoms with Gasteiger partial charge in [-0.05, 0) is 43.5 Å². The van der Waals surface area contributed by atoms with Gasteiger partial charge in [0.05, 0.1) is 0 Å². The molecule has 0 N–H and O–H groups in total. The summed E-state index contributed by atoms with van der Waals surface area (Å²) in [6.45, 7) is 6.06. The number of carbonyl (C=O) groups excluding carboxylic acids is 1. The SMILES string of the molecule is Cc1ccc2c(C(=O)c3c(C)cccc3C)cn(C)c2c1. The summed E-state index contributed by atoms with van der Waals surface area (Å²) in [5, 5.41) is 1.02. The third-order valence-corrected chi connectivity index (χ3v) is 4.10. The molecule has 0 fully saturated rings. The normalized spacial score (nSPS) is 11.0. The van der Waals surface area contributed by atoms with Gasteiger partial charge in [-0.15, -0.1) is 0 Å². The van der Waals surface area contributed by atoms with Gasteiger partial charge in [0.1, 0.15) is 0 Å². The minimum Gasteiger partial charge on any atom is -0.350 e. The fourth-order valence-corrected chi connectivity index (χ4v) is 2.98. The monoisotopic (exact) mass is 277 g/mol. The summed E-state index contributed by atoms with van der Waals surface area (Å²) in [6.07, 6.45) is 1.94. The Kier molecular flexibility index (Phi) is 3.17. The molecule has 0 radical (unpaired) electrons. The highest BCUT2D eigenvalue weighted by molar-refractivity contribution is 6.17. The molecule has 2 aromatic carbocycles. The summed E-state index contributed by atoms with van der Waals surface area (Å²) < 4.78 is 2.03. The van der Waals surface area contributed by atoms with Crippen LogP contribution in [0.2, 0.25) is 0 Å². The van der Waals surface area contributed by atoms with Crippen LogP contribution in [-0.2, 0) is 7.05 Å². The van der Waals surface area contributed by atoms with Crippen LogP contribution in [0.4, 0.5) is 0 Å². The Balaban J connectivity index is 2.24. The second-order valence-electron chi connectivity index (χ2n) is 5.77. The van der Waals surface area contributed by atoms with Gasteiger partial charge in [0.2, 0.25) is 0 Å². The topological polar surface area (TPSA) is 22.0 Å². The average Bonchev–Trinajstić information content (AvgIpc) is 2.75. The van der Waals surface area contributed by atoms with Crippen molar-refractivity contribution in [1.82, 2.24) is 4.57 Å². The molecule has 0 aliphatic heterocycles. The molecule has 21 heavy (non-hydrogen) atoms. The number of rotatable bonds is 2. The molecule has 2 heteroatoms. The van der Waals surface area contributed by atoms with E-state index in [4.69, 9.17) is 0 Å². The van der Waals surface area contributed by atoms with Crippen LogP contribution in [0, 0.1) is 20.8 Å². The summed E-state index contributed by atoms with van der Waals surface area (Å²) in [5.74, 6) is 0.111. The standard InChI is InChI=1S/C19H19NO/c1-12-8-9-15-16(11-20(4)17(15)10-12)19(21)18-13(2)6-5-7-14(18)3/h5-11H,1-4H3. The Labute approximate surface area is 125 Å². The smallest absolute Gasteiger partial charge is 0.195 e. The van der Waals surface area contributed by atoms with E-state index in [1.165, 1.54) is 5.56 Å². The van der Waals surface area contributed by atoms with Crippen molar-refractivity contribution in [2.75, 3.05) is 0 Å². The zero-order valence-electron chi connectivity index (χ0n) is 12.9. The van der Waals surface area contributed by atoms with Gasteiger partial charge < -0.3 is 4.57 Å². The lowest BCUT2D eigenvalue weighted by Gasteiger charge is -2.07. The number of carbonyl (C=O) groups is 1. The van der Waals surface area contributed by atoms with Crippen LogP contribution in [0.25, 0.3) is 10.9 Å². The number of fused-ring (bicyclic) bond motifs is 1. The second kappa shape index (κ2) is 4.88. The molecule has 0 spiro atoms.